The van der Waals surface area contributed by atoms with Gasteiger partial charge in [0.2, 0.25) is 5.91 Å². The molecule has 0 heterocycles. The molecule has 0 aliphatic heterocycles. The van der Waals surface area contributed by atoms with Crippen LogP contribution in [0.4, 0.5) is 5.69 Å². The fourth-order valence-corrected chi connectivity index (χ4v) is 2.59. The van der Waals surface area contributed by atoms with Crippen molar-refractivity contribution in [1.82, 2.24) is 5.32 Å². The van der Waals surface area contributed by atoms with E-state index >= 15 is 0 Å². The number of carbonyl (C=O) groups excluding carboxylic acids is 1. The van der Waals surface area contributed by atoms with Crippen LogP contribution in [0.2, 0.25) is 5.02 Å². The zero-order valence-electron chi connectivity index (χ0n) is 14.1. The average Bonchev–Trinajstić information content (AvgIpc) is 2.57. The first-order valence-corrected chi connectivity index (χ1v) is 8.36. The van der Waals surface area contributed by atoms with Crippen molar-refractivity contribution in [1.29, 1.82) is 0 Å². The highest BCUT2D eigenvalue weighted by Crippen LogP contribution is 2.19. The first-order chi connectivity index (χ1) is 11.6. The molecule has 128 valence electrons. The maximum Gasteiger partial charge on any atom is 0.221 e. The number of carbonyl (C=O) groups is 1. The number of ether oxygens (including phenoxy) is 1. The summed E-state index contributed by atoms with van der Waals surface area (Å²) in [5.74, 6) is 0.883. The van der Waals surface area contributed by atoms with Crippen LogP contribution in [0.25, 0.3) is 0 Å². The van der Waals surface area contributed by atoms with E-state index in [1.807, 2.05) is 49.4 Å². The van der Waals surface area contributed by atoms with E-state index in [9.17, 15) is 4.79 Å². The lowest BCUT2D eigenvalue weighted by atomic mass is 10.1. The Kier molecular flexibility index (Phi) is 6.94. The summed E-state index contributed by atoms with van der Waals surface area (Å²) in [7, 11) is 1.65. The summed E-state index contributed by atoms with van der Waals surface area (Å²) in [5, 5.41) is 6.91. The molecule has 0 aromatic heterocycles. The zero-order valence-corrected chi connectivity index (χ0v) is 14.8. The molecule has 1 amide bonds. The number of methoxy groups -OCH3 is 1. The quantitative estimate of drug-likeness (QED) is 0.764. The molecule has 5 heteroatoms. The van der Waals surface area contributed by atoms with Gasteiger partial charge in [0.05, 0.1) is 7.11 Å². The van der Waals surface area contributed by atoms with Gasteiger partial charge in [-0.05, 0) is 54.8 Å². The van der Waals surface area contributed by atoms with Crippen LogP contribution in [0.5, 0.6) is 5.75 Å². The third-order valence-corrected chi connectivity index (χ3v) is 3.99. The Bertz CT molecular complexity index is 672. The van der Waals surface area contributed by atoms with E-state index in [0.717, 1.165) is 23.4 Å². The van der Waals surface area contributed by atoms with Gasteiger partial charge in [-0.15, -0.1) is 0 Å². The molecule has 0 bridgehead atoms. The van der Waals surface area contributed by atoms with Crippen molar-refractivity contribution in [2.24, 2.45) is 0 Å². The lowest BCUT2D eigenvalue weighted by Gasteiger charge is -2.10. The standard InChI is InChI=1S/C19H23ClN2O2/c1-14-13-16(20)5-8-18(14)21-12-10-19(23)22-11-9-15-3-6-17(24-2)7-4-15/h3-8,13,21H,9-12H2,1-2H3,(H,22,23). The van der Waals surface area contributed by atoms with Crippen molar-refractivity contribution in [3.63, 3.8) is 0 Å². The largest absolute Gasteiger partial charge is 0.497 e. The molecule has 0 fully saturated rings. The van der Waals surface area contributed by atoms with Crippen LogP contribution in [-0.2, 0) is 11.2 Å². The van der Waals surface area contributed by atoms with Crippen molar-refractivity contribution in [2.45, 2.75) is 19.8 Å². The second kappa shape index (κ2) is 9.18. The van der Waals surface area contributed by atoms with E-state index in [0.29, 0.717) is 24.5 Å². The zero-order chi connectivity index (χ0) is 17.4. The highest BCUT2D eigenvalue weighted by molar-refractivity contribution is 6.30. The predicted octanol–water partition coefficient (Wildman–Crippen LogP) is 3.82. The molecule has 24 heavy (non-hydrogen) atoms. The van der Waals surface area contributed by atoms with Gasteiger partial charge >= 0.3 is 0 Å². The highest BCUT2D eigenvalue weighted by Gasteiger charge is 2.03. The maximum absolute atomic E-state index is 11.9. The van der Waals surface area contributed by atoms with Crippen molar-refractivity contribution in [2.75, 3.05) is 25.5 Å². The molecule has 0 radical (unpaired) electrons. The number of hydrogen-bond donors (Lipinski definition) is 2. The molecule has 2 aromatic carbocycles. The average molecular weight is 347 g/mol. The molecule has 2 rings (SSSR count). The summed E-state index contributed by atoms with van der Waals surface area (Å²) >= 11 is 5.93. The molecular weight excluding hydrogens is 324 g/mol. The minimum absolute atomic E-state index is 0.0441. The number of rotatable bonds is 8. The molecule has 2 aromatic rings. The van der Waals surface area contributed by atoms with Gasteiger partial charge < -0.3 is 15.4 Å². The van der Waals surface area contributed by atoms with Crippen molar-refractivity contribution < 1.29 is 9.53 Å². The maximum atomic E-state index is 11.9. The minimum atomic E-state index is 0.0441. The topological polar surface area (TPSA) is 50.4 Å². The molecule has 0 saturated carbocycles. The first kappa shape index (κ1) is 18.1. The Morgan fingerprint density at radius 3 is 2.54 bits per heavy atom. The normalized spacial score (nSPS) is 10.3. The molecular formula is C19H23ClN2O2. The lowest BCUT2D eigenvalue weighted by Crippen LogP contribution is -2.27. The lowest BCUT2D eigenvalue weighted by molar-refractivity contribution is -0.120. The van der Waals surface area contributed by atoms with Crippen LogP contribution < -0.4 is 15.4 Å². The molecule has 4 nitrogen and oxygen atoms in total. The number of aryl methyl sites for hydroxylation is 1. The Balaban J connectivity index is 1.66. The summed E-state index contributed by atoms with van der Waals surface area (Å²) in [6, 6.07) is 13.5. The Morgan fingerprint density at radius 1 is 1.12 bits per heavy atom. The SMILES string of the molecule is COc1ccc(CCNC(=O)CCNc2ccc(Cl)cc2C)cc1. The Labute approximate surface area is 148 Å². The second-order valence-corrected chi connectivity index (χ2v) is 6.02. The third-order valence-electron chi connectivity index (χ3n) is 3.75. The van der Waals surface area contributed by atoms with Crippen LogP contribution in [0.3, 0.4) is 0 Å². The smallest absolute Gasteiger partial charge is 0.221 e. The van der Waals surface area contributed by atoms with Crippen LogP contribution in [0.15, 0.2) is 42.5 Å². The van der Waals surface area contributed by atoms with E-state index in [4.69, 9.17) is 16.3 Å². The third kappa shape index (κ3) is 5.78. The number of anilines is 1. The number of hydrogen-bond acceptors (Lipinski definition) is 3. The number of nitrogens with one attached hydrogen (secondary N) is 2. The van der Waals surface area contributed by atoms with Gasteiger partial charge in [-0.25, -0.2) is 0 Å². The van der Waals surface area contributed by atoms with E-state index in [1.165, 1.54) is 5.56 Å². The summed E-state index contributed by atoms with van der Waals surface area (Å²) in [5.41, 5.74) is 3.25. The van der Waals surface area contributed by atoms with Crippen LogP contribution in [-0.4, -0.2) is 26.1 Å². The van der Waals surface area contributed by atoms with Gasteiger partial charge in [-0.1, -0.05) is 23.7 Å². The monoisotopic (exact) mass is 346 g/mol. The summed E-state index contributed by atoms with van der Waals surface area (Å²) in [4.78, 5) is 11.9. The molecule has 0 unspecified atom stereocenters. The number of benzene rings is 2. The van der Waals surface area contributed by atoms with Gasteiger partial charge in [0.1, 0.15) is 5.75 Å². The van der Waals surface area contributed by atoms with Crippen LogP contribution in [0.1, 0.15) is 17.5 Å². The van der Waals surface area contributed by atoms with Crippen molar-refractivity contribution in [3.05, 3.63) is 58.6 Å². The predicted molar refractivity (Wildman–Crippen MR) is 99.0 cm³/mol. The van der Waals surface area contributed by atoms with E-state index < -0.39 is 0 Å². The van der Waals surface area contributed by atoms with Crippen LogP contribution in [0, 0.1) is 6.92 Å². The molecule has 0 atom stereocenters. The Morgan fingerprint density at radius 2 is 1.88 bits per heavy atom. The van der Waals surface area contributed by atoms with E-state index in [-0.39, 0.29) is 5.91 Å². The summed E-state index contributed by atoms with van der Waals surface area (Å²) in [6.45, 7) is 3.21. The fourth-order valence-electron chi connectivity index (χ4n) is 2.36. The van der Waals surface area contributed by atoms with E-state index in [2.05, 4.69) is 10.6 Å². The van der Waals surface area contributed by atoms with Crippen LogP contribution >= 0.6 is 11.6 Å². The second-order valence-electron chi connectivity index (χ2n) is 5.58. The fraction of sp³-hybridized carbons (Fsp3) is 0.316. The summed E-state index contributed by atoms with van der Waals surface area (Å²) < 4.78 is 5.12. The van der Waals surface area contributed by atoms with Gasteiger partial charge in [0.15, 0.2) is 0 Å². The Hall–Kier alpha value is -2.20. The molecule has 0 saturated heterocycles. The number of amides is 1. The van der Waals surface area contributed by atoms with E-state index in [1.54, 1.807) is 7.11 Å². The van der Waals surface area contributed by atoms with Gasteiger partial charge in [0.25, 0.3) is 0 Å². The number of halogens is 1. The molecule has 2 N–H and O–H groups in total. The highest BCUT2D eigenvalue weighted by atomic mass is 35.5. The van der Waals surface area contributed by atoms with Gasteiger partial charge in [-0.2, -0.15) is 0 Å². The molecule has 0 spiro atoms. The minimum Gasteiger partial charge on any atom is -0.497 e. The van der Waals surface area contributed by atoms with Gasteiger partial charge in [-0.3, -0.25) is 4.79 Å². The first-order valence-electron chi connectivity index (χ1n) is 7.98. The van der Waals surface area contributed by atoms with Crippen molar-refractivity contribution >= 4 is 23.2 Å². The summed E-state index contributed by atoms with van der Waals surface area (Å²) in [6.07, 6.45) is 1.24. The molecule has 0 aliphatic carbocycles. The molecule has 0 aliphatic rings. The van der Waals surface area contributed by atoms with Crippen molar-refractivity contribution in [3.8, 4) is 5.75 Å². The van der Waals surface area contributed by atoms with Gasteiger partial charge in [0, 0.05) is 30.2 Å².